The molecule has 0 aliphatic carbocycles. The van der Waals surface area contributed by atoms with Crippen LogP contribution in [0, 0.1) is 0 Å². The van der Waals surface area contributed by atoms with Crippen LogP contribution in [0.5, 0.6) is 5.75 Å². The van der Waals surface area contributed by atoms with Gasteiger partial charge in [0.1, 0.15) is 18.5 Å². The summed E-state index contributed by atoms with van der Waals surface area (Å²) >= 11 is 9.90. The van der Waals surface area contributed by atoms with E-state index in [0.29, 0.717) is 22.6 Å². The Kier molecular flexibility index (Phi) is 7.38. The van der Waals surface area contributed by atoms with E-state index in [4.69, 9.17) is 16.3 Å². The Morgan fingerprint density at radius 1 is 1.45 bits per heavy atom. The zero-order chi connectivity index (χ0) is 14.2. The molecule has 2 N–H and O–H groups in total. The van der Waals surface area contributed by atoms with E-state index < -0.39 is 6.10 Å². The third kappa shape index (κ3) is 6.14. The largest absolute Gasteiger partial charge is 0.491 e. The quantitative estimate of drug-likeness (QED) is 0.802. The van der Waals surface area contributed by atoms with Crippen molar-refractivity contribution >= 4 is 35.1 Å². The Balaban J connectivity index is 1.59. The topological polar surface area (TPSA) is 41.5 Å². The van der Waals surface area contributed by atoms with Crippen LogP contribution >= 0.6 is 35.1 Å². The van der Waals surface area contributed by atoms with E-state index in [1.165, 1.54) is 17.3 Å². The lowest BCUT2D eigenvalue weighted by Crippen LogP contribution is -2.36. The molecular formula is C14H20ClNO2S2. The first-order valence-electron chi connectivity index (χ1n) is 6.70. The highest BCUT2D eigenvalue weighted by Gasteiger charge is 2.14. The van der Waals surface area contributed by atoms with Gasteiger partial charge in [0, 0.05) is 40.6 Å². The molecule has 112 valence electrons. The van der Waals surface area contributed by atoms with Crippen molar-refractivity contribution in [3.63, 3.8) is 0 Å². The SMILES string of the molecule is OC(CNCC1CSCCS1)COc1cccc(Cl)c1. The Hall–Kier alpha value is -0.0700. The van der Waals surface area contributed by atoms with E-state index >= 15 is 0 Å². The van der Waals surface area contributed by atoms with Crippen LogP contribution in [0.1, 0.15) is 0 Å². The van der Waals surface area contributed by atoms with Gasteiger partial charge in [0.05, 0.1) is 0 Å². The van der Waals surface area contributed by atoms with Crippen LogP contribution in [-0.2, 0) is 0 Å². The minimum absolute atomic E-state index is 0.278. The Labute approximate surface area is 133 Å². The first-order chi connectivity index (χ1) is 9.74. The number of rotatable bonds is 7. The molecule has 2 atom stereocenters. The summed E-state index contributed by atoms with van der Waals surface area (Å²) in [6.07, 6.45) is -0.504. The smallest absolute Gasteiger partial charge is 0.120 e. The maximum Gasteiger partial charge on any atom is 0.120 e. The summed E-state index contributed by atoms with van der Waals surface area (Å²) in [6.45, 7) is 1.79. The van der Waals surface area contributed by atoms with Crippen molar-refractivity contribution in [1.29, 1.82) is 0 Å². The van der Waals surface area contributed by atoms with Gasteiger partial charge < -0.3 is 15.2 Å². The third-order valence-electron chi connectivity index (χ3n) is 2.88. The molecule has 1 fully saturated rings. The molecule has 6 heteroatoms. The molecule has 2 unspecified atom stereocenters. The molecule has 2 rings (SSSR count). The van der Waals surface area contributed by atoms with Crippen LogP contribution in [0.3, 0.4) is 0 Å². The highest BCUT2D eigenvalue weighted by molar-refractivity contribution is 8.06. The van der Waals surface area contributed by atoms with Gasteiger partial charge in [-0.1, -0.05) is 17.7 Å². The summed E-state index contributed by atoms with van der Waals surface area (Å²) in [5.74, 6) is 4.39. The van der Waals surface area contributed by atoms with Gasteiger partial charge in [-0.3, -0.25) is 0 Å². The van der Waals surface area contributed by atoms with E-state index in [9.17, 15) is 5.11 Å². The molecule has 20 heavy (non-hydrogen) atoms. The van der Waals surface area contributed by atoms with Crippen molar-refractivity contribution in [2.75, 3.05) is 37.0 Å². The predicted octanol–water partition coefficient (Wildman–Crippen LogP) is 2.52. The van der Waals surface area contributed by atoms with Crippen LogP contribution in [0.25, 0.3) is 0 Å². The summed E-state index contributed by atoms with van der Waals surface area (Å²) in [6, 6.07) is 7.21. The Bertz CT molecular complexity index is 403. The van der Waals surface area contributed by atoms with Crippen molar-refractivity contribution in [2.24, 2.45) is 0 Å². The van der Waals surface area contributed by atoms with Crippen LogP contribution in [0.2, 0.25) is 5.02 Å². The zero-order valence-corrected chi connectivity index (χ0v) is 13.6. The number of nitrogens with one attached hydrogen (secondary N) is 1. The van der Waals surface area contributed by atoms with Gasteiger partial charge in [-0.15, -0.1) is 0 Å². The van der Waals surface area contributed by atoms with Crippen molar-refractivity contribution in [3.8, 4) is 5.75 Å². The van der Waals surface area contributed by atoms with Crippen molar-refractivity contribution in [1.82, 2.24) is 5.32 Å². The number of hydrogen-bond donors (Lipinski definition) is 2. The average Bonchev–Trinajstić information content (AvgIpc) is 2.46. The summed E-state index contributed by atoms with van der Waals surface area (Å²) in [5, 5.41) is 14.5. The second-order valence-corrected chi connectivity index (χ2v) is 7.64. The van der Waals surface area contributed by atoms with Crippen LogP contribution < -0.4 is 10.1 Å². The number of hydrogen-bond acceptors (Lipinski definition) is 5. The number of aliphatic hydroxyl groups is 1. The van der Waals surface area contributed by atoms with Crippen molar-refractivity contribution < 1.29 is 9.84 Å². The number of benzene rings is 1. The summed E-state index contributed by atoms with van der Waals surface area (Å²) in [4.78, 5) is 0. The number of aliphatic hydroxyl groups excluding tert-OH is 1. The van der Waals surface area contributed by atoms with E-state index in [2.05, 4.69) is 5.32 Å². The van der Waals surface area contributed by atoms with Gasteiger partial charge in [-0.25, -0.2) is 0 Å². The number of ether oxygens (including phenoxy) is 1. The zero-order valence-electron chi connectivity index (χ0n) is 11.3. The van der Waals surface area contributed by atoms with E-state index in [0.717, 1.165) is 6.54 Å². The van der Waals surface area contributed by atoms with Crippen LogP contribution in [0.4, 0.5) is 0 Å². The molecule has 1 aliphatic rings. The van der Waals surface area contributed by atoms with Crippen LogP contribution in [-0.4, -0.2) is 53.4 Å². The van der Waals surface area contributed by atoms with Crippen molar-refractivity contribution in [2.45, 2.75) is 11.4 Å². The first-order valence-corrected chi connectivity index (χ1v) is 9.28. The molecule has 0 amide bonds. The summed E-state index contributed by atoms with van der Waals surface area (Å²) in [7, 11) is 0. The van der Waals surface area contributed by atoms with Crippen molar-refractivity contribution in [3.05, 3.63) is 29.3 Å². The first kappa shape index (κ1) is 16.3. The molecule has 1 aromatic rings. The molecule has 0 bridgehead atoms. The maximum absolute atomic E-state index is 9.88. The predicted molar refractivity (Wildman–Crippen MR) is 89.4 cm³/mol. The van der Waals surface area contributed by atoms with E-state index in [1.54, 1.807) is 12.1 Å². The highest BCUT2D eigenvalue weighted by Crippen LogP contribution is 2.23. The molecule has 1 saturated heterocycles. The maximum atomic E-state index is 9.88. The Morgan fingerprint density at radius 2 is 2.35 bits per heavy atom. The van der Waals surface area contributed by atoms with Gasteiger partial charge in [-0.2, -0.15) is 23.5 Å². The summed E-state index contributed by atoms with van der Waals surface area (Å²) in [5.41, 5.74) is 0. The third-order valence-corrected chi connectivity index (χ3v) is 5.96. The van der Waals surface area contributed by atoms with Gasteiger partial charge in [-0.05, 0) is 18.2 Å². The van der Waals surface area contributed by atoms with Crippen LogP contribution in [0.15, 0.2) is 24.3 Å². The normalized spacial score (nSPS) is 20.6. The minimum Gasteiger partial charge on any atom is -0.491 e. The second kappa shape index (κ2) is 9.05. The molecular weight excluding hydrogens is 314 g/mol. The molecule has 0 saturated carbocycles. The van der Waals surface area contributed by atoms with E-state index in [-0.39, 0.29) is 6.61 Å². The standard InChI is InChI=1S/C14H20ClNO2S2/c15-11-2-1-3-13(6-11)18-9-12(17)7-16-8-14-10-19-4-5-20-14/h1-3,6,12,14,16-17H,4-5,7-10H2. The fourth-order valence-corrected chi connectivity index (χ4v) is 4.70. The fourth-order valence-electron chi connectivity index (χ4n) is 1.87. The Morgan fingerprint density at radius 3 is 3.10 bits per heavy atom. The van der Waals surface area contributed by atoms with Gasteiger partial charge >= 0.3 is 0 Å². The minimum atomic E-state index is -0.504. The average molecular weight is 334 g/mol. The molecule has 0 radical (unpaired) electrons. The molecule has 0 spiro atoms. The number of thioether (sulfide) groups is 2. The molecule has 1 heterocycles. The number of halogens is 1. The monoisotopic (exact) mass is 333 g/mol. The molecule has 3 nitrogen and oxygen atoms in total. The molecule has 1 aliphatic heterocycles. The van der Waals surface area contributed by atoms with Gasteiger partial charge in [0.2, 0.25) is 0 Å². The van der Waals surface area contributed by atoms with Gasteiger partial charge in [0.15, 0.2) is 0 Å². The molecule has 1 aromatic carbocycles. The highest BCUT2D eigenvalue weighted by atomic mass is 35.5. The van der Waals surface area contributed by atoms with Gasteiger partial charge in [0.25, 0.3) is 0 Å². The molecule has 0 aromatic heterocycles. The lowest BCUT2D eigenvalue weighted by Gasteiger charge is -2.22. The second-order valence-electron chi connectivity index (χ2n) is 4.65. The fraction of sp³-hybridized carbons (Fsp3) is 0.571. The van der Waals surface area contributed by atoms with E-state index in [1.807, 2.05) is 35.7 Å². The lowest BCUT2D eigenvalue weighted by atomic mass is 10.3. The summed E-state index contributed by atoms with van der Waals surface area (Å²) < 4.78 is 5.51. The lowest BCUT2D eigenvalue weighted by molar-refractivity contribution is 0.107.